The van der Waals surface area contributed by atoms with Gasteiger partial charge in [0, 0.05) is 17.1 Å². The van der Waals surface area contributed by atoms with Crippen molar-refractivity contribution in [3.63, 3.8) is 0 Å². The molecule has 0 radical (unpaired) electrons. The van der Waals surface area contributed by atoms with Crippen molar-refractivity contribution in [1.29, 1.82) is 0 Å². The van der Waals surface area contributed by atoms with Crippen molar-refractivity contribution in [2.24, 2.45) is 0 Å². The van der Waals surface area contributed by atoms with Crippen LogP contribution in [0.1, 0.15) is 15.9 Å². The number of rotatable bonds is 3. The van der Waals surface area contributed by atoms with Crippen molar-refractivity contribution < 1.29 is 22.4 Å². The van der Waals surface area contributed by atoms with E-state index in [0.29, 0.717) is 16.5 Å². The maximum absolute atomic E-state index is 12.6. The van der Waals surface area contributed by atoms with Gasteiger partial charge in [0.25, 0.3) is 0 Å². The molecule has 0 N–H and O–H groups in total. The second-order valence-electron chi connectivity index (χ2n) is 5.97. The van der Waals surface area contributed by atoms with Gasteiger partial charge < -0.3 is 4.42 Å². The van der Waals surface area contributed by atoms with Crippen molar-refractivity contribution >= 4 is 27.7 Å². The van der Waals surface area contributed by atoms with Crippen LogP contribution < -0.4 is 5.63 Å². The van der Waals surface area contributed by atoms with Crippen LogP contribution in [0.25, 0.3) is 21.9 Å². The van der Waals surface area contributed by atoms with Gasteiger partial charge >= 0.3 is 11.8 Å². The number of alkyl halides is 3. The largest absolute Gasteiger partial charge is 0.422 e. The van der Waals surface area contributed by atoms with E-state index in [1.165, 1.54) is 10.9 Å². The van der Waals surface area contributed by atoms with Crippen molar-refractivity contribution in [3.05, 3.63) is 76.3 Å². The molecule has 0 fully saturated rings. The average molecular weight is 372 g/mol. The van der Waals surface area contributed by atoms with Crippen molar-refractivity contribution in [2.45, 2.75) is 12.7 Å². The van der Waals surface area contributed by atoms with Crippen LogP contribution in [0, 0.1) is 0 Å². The van der Waals surface area contributed by atoms with Gasteiger partial charge in [-0.15, -0.1) is 0 Å². The zero-order valence-corrected chi connectivity index (χ0v) is 13.7. The maximum atomic E-state index is 12.6. The third kappa shape index (κ3) is 3.10. The Morgan fingerprint density at radius 3 is 2.44 bits per heavy atom. The number of aromatic nitrogens is 2. The number of nitrogens with zero attached hydrogens (tertiary/aromatic N) is 2. The highest BCUT2D eigenvalue weighted by Crippen LogP contribution is 2.29. The van der Waals surface area contributed by atoms with Crippen LogP contribution in [0.5, 0.6) is 0 Å². The van der Waals surface area contributed by atoms with Gasteiger partial charge in [0.2, 0.25) is 0 Å². The second kappa shape index (κ2) is 6.08. The molecule has 4 rings (SSSR count). The Hall–Kier alpha value is -3.42. The Morgan fingerprint density at radius 1 is 1.04 bits per heavy atom. The molecule has 0 bridgehead atoms. The summed E-state index contributed by atoms with van der Waals surface area (Å²) in [5, 5.41) is 5.14. The highest BCUT2D eigenvalue weighted by Gasteiger charge is 2.30. The summed E-state index contributed by atoms with van der Waals surface area (Å²) in [6.07, 6.45) is -3.06. The van der Waals surface area contributed by atoms with Gasteiger partial charge in [0.05, 0.1) is 5.56 Å². The van der Waals surface area contributed by atoms with Gasteiger partial charge in [0.15, 0.2) is 5.78 Å². The summed E-state index contributed by atoms with van der Waals surface area (Å²) in [4.78, 5) is 24.4. The Morgan fingerprint density at radius 2 is 1.74 bits per heavy atom. The van der Waals surface area contributed by atoms with Gasteiger partial charge in [-0.05, 0) is 24.3 Å². The van der Waals surface area contributed by atoms with Crippen LogP contribution in [0.4, 0.5) is 13.2 Å². The smallest absolute Gasteiger partial charge is 0.416 e. The highest BCUT2D eigenvalue weighted by atomic mass is 19.4. The van der Waals surface area contributed by atoms with Crippen LogP contribution in [0.3, 0.4) is 0 Å². The summed E-state index contributed by atoms with van der Waals surface area (Å²) in [6.45, 7) is -0.214. The number of carbonyl (C=O) groups excluding carboxylic acids is 1. The van der Waals surface area contributed by atoms with Crippen LogP contribution >= 0.6 is 0 Å². The predicted octanol–water partition coefficient (Wildman–Crippen LogP) is 4.04. The van der Waals surface area contributed by atoms with Crippen molar-refractivity contribution in [1.82, 2.24) is 9.78 Å². The number of benzene rings is 2. The number of fused-ring (bicyclic) bond motifs is 3. The average Bonchev–Trinajstić information content (AvgIpc) is 3.06. The second-order valence-corrected chi connectivity index (χ2v) is 5.97. The third-order valence-electron chi connectivity index (χ3n) is 4.17. The van der Waals surface area contributed by atoms with E-state index in [0.717, 1.165) is 24.3 Å². The van der Waals surface area contributed by atoms with E-state index < -0.39 is 23.1 Å². The molecule has 0 amide bonds. The fourth-order valence-corrected chi connectivity index (χ4v) is 2.84. The maximum Gasteiger partial charge on any atom is 0.416 e. The molecule has 0 spiro atoms. The van der Waals surface area contributed by atoms with Gasteiger partial charge in [-0.2, -0.15) is 18.3 Å². The molecule has 2 aromatic heterocycles. The van der Waals surface area contributed by atoms with E-state index in [1.807, 2.05) is 0 Å². The number of ketones is 1. The number of hydrogen-bond acceptors (Lipinski definition) is 4. The first kappa shape index (κ1) is 17.0. The van der Waals surface area contributed by atoms with Crippen LogP contribution in [-0.2, 0) is 12.7 Å². The number of carbonyl (C=O) groups is 1. The molecule has 0 saturated carbocycles. The molecule has 0 aliphatic rings. The van der Waals surface area contributed by atoms with Gasteiger partial charge in [-0.3, -0.25) is 9.48 Å². The molecular weight excluding hydrogens is 361 g/mol. The molecule has 0 aliphatic carbocycles. The Balaban J connectivity index is 1.67. The van der Waals surface area contributed by atoms with Gasteiger partial charge in [0.1, 0.15) is 23.0 Å². The lowest BCUT2D eigenvalue weighted by Gasteiger charge is -2.07. The van der Waals surface area contributed by atoms with Crippen LogP contribution in [0.15, 0.2) is 63.9 Å². The molecule has 5 nitrogen and oxygen atoms in total. The molecular formula is C19H11F3N2O3. The van der Waals surface area contributed by atoms with E-state index in [-0.39, 0.29) is 17.5 Å². The summed E-state index contributed by atoms with van der Waals surface area (Å²) < 4.78 is 44.3. The predicted molar refractivity (Wildman–Crippen MR) is 91.5 cm³/mol. The van der Waals surface area contributed by atoms with E-state index in [1.54, 1.807) is 24.3 Å². The van der Waals surface area contributed by atoms with Crippen LogP contribution in [0.2, 0.25) is 0 Å². The lowest BCUT2D eigenvalue weighted by Crippen LogP contribution is -2.12. The van der Waals surface area contributed by atoms with Crippen LogP contribution in [-0.4, -0.2) is 15.6 Å². The zero-order valence-electron chi connectivity index (χ0n) is 13.7. The lowest BCUT2D eigenvalue weighted by molar-refractivity contribution is -0.137. The van der Waals surface area contributed by atoms with E-state index in [4.69, 9.17) is 4.42 Å². The molecule has 27 heavy (non-hydrogen) atoms. The Labute approximate surface area is 149 Å². The summed E-state index contributed by atoms with van der Waals surface area (Å²) in [6, 6.07) is 10.8. The SMILES string of the molecule is O=C(Cn1cc2c(=O)oc3ccccc3c2n1)c1ccc(C(F)(F)F)cc1. The number of hydrogen-bond donors (Lipinski definition) is 0. The summed E-state index contributed by atoms with van der Waals surface area (Å²) in [5.41, 5.74) is -0.485. The Bertz CT molecular complexity index is 1220. The number of Topliss-reactive ketones (excluding diaryl/α,β-unsaturated/α-hetero) is 1. The van der Waals surface area contributed by atoms with Gasteiger partial charge in [-0.25, -0.2) is 4.79 Å². The summed E-state index contributed by atoms with van der Waals surface area (Å²) in [5.74, 6) is -0.426. The first-order valence-electron chi connectivity index (χ1n) is 7.92. The first-order valence-corrected chi connectivity index (χ1v) is 7.92. The minimum atomic E-state index is -4.46. The molecule has 2 aromatic carbocycles. The number of halogens is 3. The molecule has 136 valence electrons. The number of para-hydroxylation sites is 1. The lowest BCUT2D eigenvalue weighted by atomic mass is 10.1. The van der Waals surface area contributed by atoms with E-state index in [9.17, 15) is 22.8 Å². The van der Waals surface area contributed by atoms with E-state index >= 15 is 0 Å². The quantitative estimate of drug-likeness (QED) is 0.402. The fourth-order valence-electron chi connectivity index (χ4n) is 2.84. The van der Waals surface area contributed by atoms with Gasteiger partial charge in [-0.1, -0.05) is 24.3 Å². The topological polar surface area (TPSA) is 65.1 Å². The molecule has 4 aromatic rings. The molecule has 8 heteroatoms. The highest BCUT2D eigenvalue weighted by molar-refractivity contribution is 6.01. The summed E-state index contributed by atoms with van der Waals surface area (Å²) in [7, 11) is 0. The minimum Gasteiger partial charge on any atom is -0.422 e. The normalized spacial score (nSPS) is 12.0. The third-order valence-corrected chi connectivity index (χ3v) is 4.17. The molecule has 2 heterocycles. The van der Waals surface area contributed by atoms with Crippen molar-refractivity contribution in [2.75, 3.05) is 0 Å². The standard InChI is InChI=1S/C19H11F3N2O3/c20-19(21,22)12-7-5-11(6-8-12)15(25)10-24-9-14-17(23-24)13-3-1-2-4-16(13)27-18(14)26/h1-9H,10H2. The molecule has 0 aliphatic heterocycles. The monoisotopic (exact) mass is 372 g/mol. The zero-order chi connectivity index (χ0) is 19.2. The molecule has 0 unspecified atom stereocenters. The first-order chi connectivity index (χ1) is 12.8. The summed E-state index contributed by atoms with van der Waals surface area (Å²) >= 11 is 0. The molecule has 0 atom stereocenters. The Kier molecular flexibility index (Phi) is 3.83. The van der Waals surface area contributed by atoms with Crippen molar-refractivity contribution in [3.8, 4) is 0 Å². The fraction of sp³-hybridized carbons (Fsp3) is 0.105. The minimum absolute atomic E-state index is 0.124. The van der Waals surface area contributed by atoms with E-state index in [2.05, 4.69) is 5.10 Å². The molecule has 0 saturated heterocycles.